The molecule has 0 saturated carbocycles. The number of thioether (sulfide) groups is 1. The Morgan fingerprint density at radius 2 is 1.88 bits per heavy atom. The van der Waals surface area contributed by atoms with Crippen LogP contribution in [0.3, 0.4) is 0 Å². The Labute approximate surface area is 208 Å². The maximum Gasteiger partial charge on any atom is 0.326 e. The van der Waals surface area contributed by atoms with Crippen molar-refractivity contribution in [3.05, 3.63) is 63.5 Å². The van der Waals surface area contributed by atoms with Crippen LogP contribution in [0.25, 0.3) is 6.08 Å². The monoisotopic (exact) mass is 503 g/mol. The van der Waals surface area contributed by atoms with Crippen LogP contribution in [0, 0.1) is 0 Å². The second-order valence-electron chi connectivity index (χ2n) is 7.51. The number of benzene rings is 2. The summed E-state index contributed by atoms with van der Waals surface area (Å²) >= 11 is 7.24. The third-order valence-electron chi connectivity index (χ3n) is 4.92. The van der Waals surface area contributed by atoms with E-state index >= 15 is 0 Å². The first-order valence-electron chi connectivity index (χ1n) is 10.9. The van der Waals surface area contributed by atoms with Gasteiger partial charge in [-0.25, -0.2) is 0 Å². The highest BCUT2D eigenvalue weighted by atomic mass is 35.5. The summed E-state index contributed by atoms with van der Waals surface area (Å²) in [6.07, 6.45) is 1.90. The van der Waals surface area contributed by atoms with Crippen LogP contribution in [0.2, 0.25) is 5.02 Å². The van der Waals surface area contributed by atoms with Crippen LogP contribution in [0.1, 0.15) is 38.3 Å². The number of carbonyl (C=O) groups is 3. The summed E-state index contributed by atoms with van der Waals surface area (Å²) in [6.45, 7) is 5.73. The lowest BCUT2D eigenvalue weighted by molar-refractivity contribution is -0.150. The van der Waals surface area contributed by atoms with Crippen LogP contribution in [-0.4, -0.2) is 41.3 Å². The fraction of sp³-hybridized carbons (Fsp3) is 0.320. The fourth-order valence-electron chi connectivity index (χ4n) is 3.07. The molecule has 3 rings (SSSR count). The quantitative estimate of drug-likeness (QED) is 0.304. The molecule has 0 aliphatic carbocycles. The van der Waals surface area contributed by atoms with E-state index < -0.39 is 23.7 Å². The molecule has 1 fully saturated rings. The van der Waals surface area contributed by atoms with Gasteiger partial charge in [-0.1, -0.05) is 48.9 Å². The number of halogens is 1. The largest absolute Gasteiger partial charge is 0.490 e. The van der Waals surface area contributed by atoms with E-state index in [1.807, 2.05) is 44.2 Å². The molecule has 2 aromatic carbocycles. The highest BCUT2D eigenvalue weighted by molar-refractivity contribution is 8.18. The summed E-state index contributed by atoms with van der Waals surface area (Å²) in [6, 6.07) is 13.0. The third-order valence-corrected chi connectivity index (χ3v) is 6.11. The Hall–Kier alpha value is -2.97. The van der Waals surface area contributed by atoms with Gasteiger partial charge in [0.05, 0.1) is 22.6 Å². The van der Waals surface area contributed by atoms with Crippen molar-refractivity contribution in [2.24, 2.45) is 0 Å². The molecule has 0 aromatic heterocycles. The van der Waals surface area contributed by atoms with Gasteiger partial charge in [0.1, 0.15) is 13.2 Å². The lowest BCUT2D eigenvalue weighted by Crippen LogP contribution is -2.35. The van der Waals surface area contributed by atoms with Crippen molar-refractivity contribution in [3.63, 3.8) is 0 Å². The number of rotatable bonds is 10. The minimum atomic E-state index is -0.625. The Morgan fingerprint density at radius 3 is 2.56 bits per heavy atom. The number of esters is 1. The SMILES string of the molecule is CCOc1cc(/C=C2\SC(=O)N(CC(=O)O[C@H](C)CC)C2=O)cc(Cl)c1OCc1ccccc1. The molecule has 7 nitrogen and oxygen atoms in total. The number of ether oxygens (including phenoxy) is 3. The van der Waals surface area contributed by atoms with Crippen LogP contribution < -0.4 is 9.47 Å². The maximum atomic E-state index is 12.8. The second kappa shape index (κ2) is 11.9. The first-order valence-corrected chi connectivity index (χ1v) is 12.1. The zero-order valence-electron chi connectivity index (χ0n) is 19.2. The molecule has 1 heterocycles. The van der Waals surface area contributed by atoms with Gasteiger partial charge in [0.25, 0.3) is 11.1 Å². The van der Waals surface area contributed by atoms with Crippen molar-refractivity contribution < 1.29 is 28.6 Å². The minimum absolute atomic E-state index is 0.179. The van der Waals surface area contributed by atoms with E-state index in [0.717, 1.165) is 22.2 Å². The Morgan fingerprint density at radius 1 is 1.15 bits per heavy atom. The first-order chi connectivity index (χ1) is 16.3. The number of amides is 2. The molecule has 34 heavy (non-hydrogen) atoms. The van der Waals surface area contributed by atoms with E-state index in [4.69, 9.17) is 25.8 Å². The predicted octanol–water partition coefficient (Wildman–Crippen LogP) is 5.70. The first kappa shape index (κ1) is 25.6. The van der Waals surface area contributed by atoms with Gasteiger partial charge < -0.3 is 14.2 Å². The number of nitrogens with zero attached hydrogens (tertiary/aromatic N) is 1. The normalized spacial score (nSPS) is 15.5. The molecule has 0 N–H and O–H groups in total. The smallest absolute Gasteiger partial charge is 0.326 e. The van der Waals surface area contributed by atoms with Gasteiger partial charge in [-0.2, -0.15) is 0 Å². The van der Waals surface area contributed by atoms with Gasteiger partial charge in [-0.05, 0) is 61.4 Å². The molecule has 2 aromatic rings. The molecule has 0 bridgehead atoms. The maximum absolute atomic E-state index is 12.8. The second-order valence-corrected chi connectivity index (χ2v) is 8.91. The van der Waals surface area contributed by atoms with Crippen LogP contribution in [0.5, 0.6) is 11.5 Å². The van der Waals surface area contributed by atoms with Crippen molar-refractivity contribution in [3.8, 4) is 11.5 Å². The van der Waals surface area contributed by atoms with E-state index in [0.29, 0.717) is 41.7 Å². The summed E-state index contributed by atoms with van der Waals surface area (Å²) in [5, 5.41) is -0.221. The van der Waals surface area contributed by atoms with Crippen LogP contribution in [-0.2, 0) is 20.9 Å². The van der Waals surface area contributed by atoms with Gasteiger partial charge >= 0.3 is 5.97 Å². The number of carbonyl (C=O) groups excluding carboxylic acids is 3. The average Bonchev–Trinajstić information content (AvgIpc) is 3.06. The summed E-state index contributed by atoms with van der Waals surface area (Å²) < 4.78 is 16.8. The zero-order chi connectivity index (χ0) is 24.7. The van der Waals surface area contributed by atoms with Crippen molar-refractivity contribution >= 4 is 46.6 Å². The van der Waals surface area contributed by atoms with Crippen molar-refractivity contribution in [2.75, 3.05) is 13.2 Å². The molecule has 9 heteroatoms. The molecule has 1 saturated heterocycles. The molecule has 0 unspecified atom stereocenters. The summed E-state index contributed by atoms with van der Waals surface area (Å²) in [5.74, 6) is -0.368. The molecule has 180 valence electrons. The van der Waals surface area contributed by atoms with Gasteiger partial charge in [0.15, 0.2) is 11.5 Å². The van der Waals surface area contributed by atoms with Crippen molar-refractivity contribution in [1.29, 1.82) is 0 Å². The molecule has 2 amide bonds. The average molecular weight is 504 g/mol. The fourth-order valence-corrected chi connectivity index (χ4v) is 4.18. The number of imide groups is 1. The Kier molecular flexibility index (Phi) is 9.01. The van der Waals surface area contributed by atoms with E-state index in [1.54, 1.807) is 25.1 Å². The summed E-state index contributed by atoms with van der Waals surface area (Å²) in [7, 11) is 0. The van der Waals surface area contributed by atoms with E-state index in [1.165, 1.54) is 0 Å². The zero-order valence-corrected chi connectivity index (χ0v) is 20.8. The standard InChI is InChI=1S/C25H26ClNO6S/c1-4-16(3)33-22(28)14-27-24(29)21(34-25(27)30)13-18-11-19(26)23(20(12-18)31-5-2)32-15-17-9-7-6-8-10-17/h6-13,16H,4-5,14-15H2,1-3H3/b21-13-/t16-/m1/s1. The molecule has 1 atom stereocenters. The Balaban J connectivity index is 1.78. The topological polar surface area (TPSA) is 82.1 Å². The molecular formula is C25H26ClNO6S. The van der Waals surface area contributed by atoms with E-state index in [2.05, 4.69) is 0 Å². The summed E-state index contributed by atoms with van der Waals surface area (Å²) in [5.41, 5.74) is 1.54. The Bertz CT molecular complexity index is 1090. The predicted molar refractivity (Wildman–Crippen MR) is 132 cm³/mol. The highest BCUT2D eigenvalue weighted by Crippen LogP contribution is 2.39. The van der Waals surface area contributed by atoms with Gasteiger partial charge in [-0.3, -0.25) is 19.3 Å². The van der Waals surface area contributed by atoms with Crippen molar-refractivity contribution in [2.45, 2.75) is 39.9 Å². The van der Waals surface area contributed by atoms with Crippen LogP contribution in [0.15, 0.2) is 47.4 Å². The molecule has 1 aliphatic rings. The minimum Gasteiger partial charge on any atom is -0.490 e. The number of hydrogen-bond donors (Lipinski definition) is 0. The van der Waals surface area contributed by atoms with E-state index in [9.17, 15) is 14.4 Å². The van der Waals surface area contributed by atoms with Crippen LogP contribution in [0.4, 0.5) is 4.79 Å². The lowest BCUT2D eigenvalue weighted by Gasteiger charge is -2.15. The van der Waals surface area contributed by atoms with Gasteiger partial charge in [-0.15, -0.1) is 0 Å². The molecule has 0 radical (unpaired) electrons. The van der Waals surface area contributed by atoms with E-state index in [-0.39, 0.29) is 11.0 Å². The molecule has 0 spiro atoms. The van der Waals surface area contributed by atoms with Crippen molar-refractivity contribution in [1.82, 2.24) is 4.90 Å². The molecule has 1 aliphatic heterocycles. The van der Waals surface area contributed by atoms with Crippen LogP contribution >= 0.6 is 23.4 Å². The third kappa shape index (κ3) is 6.55. The van der Waals surface area contributed by atoms with Gasteiger partial charge in [0.2, 0.25) is 0 Å². The number of hydrogen-bond acceptors (Lipinski definition) is 7. The lowest BCUT2D eigenvalue weighted by atomic mass is 10.1. The highest BCUT2D eigenvalue weighted by Gasteiger charge is 2.37. The summed E-state index contributed by atoms with van der Waals surface area (Å²) in [4.78, 5) is 38.2. The van der Waals surface area contributed by atoms with Gasteiger partial charge in [0, 0.05) is 0 Å². The molecular weight excluding hydrogens is 478 g/mol.